The Hall–Kier alpha value is -4.06. The lowest BCUT2D eigenvalue weighted by molar-refractivity contribution is -0.130. The third-order valence-electron chi connectivity index (χ3n) is 6.48. The van der Waals surface area contributed by atoms with E-state index in [-0.39, 0.29) is 12.0 Å². The molecular weight excluding hydrogens is 452 g/mol. The number of para-hydroxylation sites is 1. The molecule has 1 fully saturated rings. The van der Waals surface area contributed by atoms with E-state index in [0.717, 1.165) is 34.2 Å². The van der Waals surface area contributed by atoms with Crippen LogP contribution in [0.3, 0.4) is 0 Å². The summed E-state index contributed by atoms with van der Waals surface area (Å²) in [6, 6.07) is 25.8. The van der Waals surface area contributed by atoms with Crippen molar-refractivity contribution in [2.45, 2.75) is 32.0 Å². The predicted molar refractivity (Wildman–Crippen MR) is 139 cm³/mol. The molecule has 0 spiro atoms. The summed E-state index contributed by atoms with van der Waals surface area (Å²) in [6.07, 6.45) is 3.64. The van der Waals surface area contributed by atoms with Gasteiger partial charge in [0, 0.05) is 31.0 Å². The maximum atomic E-state index is 12.9. The molecule has 0 saturated carbocycles. The van der Waals surface area contributed by atoms with Crippen molar-refractivity contribution in [2.24, 2.45) is 0 Å². The van der Waals surface area contributed by atoms with Gasteiger partial charge in [-0.2, -0.15) is 0 Å². The molecule has 0 radical (unpaired) electrons. The molecule has 184 valence electrons. The van der Waals surface area contributed by atoms with E-state index in [1.165, 1.54) is 0 Å². The highest BCUT2D eigenvalue weighted by Gasteiger charge is 2.28. The van der Waals surface area contributed by atoms with Gasteiger partial charge in [-0.3, -0.25) is 9.78 Å². The number of hydrogen-bond acceptors (Lipinski definition) is 5. The summed E-state index contributed by atoms with van der Waals surface area (Å²) in [7, 11) is 1.63. The van der Waals surface area contributed by atoms with Crippen LogP contribution in [0.25, 0.3) is 10.9 Å². The molecule has 0 aliphatic carbocycles. The second kappa shape index (κ2) is 11.1. The van der Waals surface area contributed by atoms with E-state index in [1.54, 1.807) is 13.3 Å². The summed E-state index contributed by atoms with van der Waals surface area (Å²) in [6.45, 7) is 1.76. The van der Waals surface area contributed by atoms with Crippen LogP contribution in [0.4, 0.5) is 0 Å². The first kappa shape index (κ1) is 23.7. The molecule has 0 bridgehead atoms. The third kappa shape index (κ3) is 5.60. The smallest absolute Gasteiger partial charge is 0.223 e. The molecule has 6 nitrogen and oxygen atoms in total. The van der Waals surface area contributed by atoms with Crippen molar-refractivity contribution in [2.75, 3.05) is 20.2 Å². The Balaban J connectivity index is 1.16. The Morgan fingerprint density at radius 1 is 0.944 bits per heavy atom. The summed E-state index contributed by atoms with van der Waals surface area (Å²) < 4.78 is 17.7. The average Bonchev–Trinajstić information content (AvgIpc) is 3.40. The molecule has 1 aliphatic heterocycles. The minimum absolute atomic E-state index is 0.0273. The molecule has 1 unspecified atom stereocenters. The second-order valence-electron chi connectivity index (χ2n) is 8.96. The predicted octanol–water partition coefficient (Wildman–Crippen LogP) is 5.43. The lowest BCUT2D eigenvalue weighted by Crippen LogP contribution is -2.31. The normalized spacial score (nSPS) is 15.1. The number of rotatable bonds is 9. The van der Waals surface area contributed by atoms with Gasteiger partial charge >= 0.3 is 0 Å². The number of fused-ring (bicyclic) bond motifs is 1. The quantitative estimate of drug-likeness (QED) is 0.318. The van der Waals surface area contributed by atoms with Gasteiger partial charge in [0.2, 0.25) is 5.91 Å². The van der Waals surface area contributed by atoms with E-state index in [9.17, 15) is 4.79 Å². The van der Waals surface area contributed by atoms with Gasteiger partial charge in [-0.1, -0.05) is 54.6 Å². The van der Waals surface area contributed by atoms with Crippen LogP contribution in [0, 0.1) is 0 Å². The van der Waals surface area contributed by atoms with Gasteiger partial charge in [0.25, 0.3) is 0 Å². The topological polar surface area (TPSA) is 60.9 Å². The van der Waals surface area contributed by atoms with E-state index in [4.69, 9.17) is 14.2 Å². The average molecular weight is 483 g/mol. The Bertz CT molecular complexity index is 1320. The fourth-order valence-corrected chi connectivity index (χ4v) is 4.54. The van der Waals surface area contributed by atoms with Gasteiger partial charge in [0.05, 0.1) is 13.7 Å². The van der Waals surface area contributed by atoms with Crippen LogP contribution < -0.4 is 14.2 Å². The fourth-order valence-electron chi connectivity index (χ4n) is 4.54. The first-order valence-electron chi connectivity index (χ1n) is 12.3. The molecular formula is C30H30N2O4. The van der Waals surface area contributed by atoms with Crippen molar-refractivity contribution in [3.05, 3.63) is 96.2 Å². The van der Waals surface area contributed by atoms with Crippen LogP contribution in [0.2, 0.25) is 0 Å². The fraction of sp³-hybridized carbons (Fsp3) is 0.267. The number of hydrogen-bond donors (Lipinski definition) is 0. The zero-order valence-electron chi connectivity index (χ0n) is 20.4. The van der Waals surface area contributed by atoms with E-state index in [0.29, 0.717) is 44.0 Å². The maximum absolute atomic E-state index is 12.9. The van der Waals surface area contributed by atoms with E-state index in [2.05, 4.69) is 4.98 Å². The summed E-state index contributed by atoms with van der Waals surface area (Å²) in [5.41, 5.74) is 2.99. The molecule has 1 saturated heterocycles. The molecule has 1 aliphatic rings. The van der Waals surface area contributed by atoms with Crippen LogP contribution in [0.5, 0.6) is 17.2 Å². The number of benzene rings is 3. The Morgan fingerprint density at radius 3 is 2.67 bits per heavy atom. The standard InChI is InChI=1S/C30H30N2O4/c1-34-26-14-12-22(19-28(26)35-21-23-7-3-2-4-8-23)13-15-29(33)32-18-16-25(20-32)36-27-11-5-9-24-10-6-17-31-30(24)27/h2-12,14,17,19,25H,13,15-16,18,20-21H2,1H3. The summed E-state index contributed by atoms with van der Waals surface area (Å²) in [5.74, 6) is 2.28. The number of carbonyl (C=O) groups is 1. The highest BCUT2D eigenvalue weighted by atomic mass is 16.5. The number of aromatic nitrogens is 1. The maximum Gasteiger partial charge on any atom is 0.223 e. The molecule has 3 aromatic carbocycles. The van der Waals surface area contributed by atoms with Crippen molar-refractivity contribution in [1.29, 1.82) is 0 Å². The van der Waals surface area contributed by atoms with Gasteiger partial charge < -0.3 is 19.1 Å². The number of methoxy groups -OCH3 is 1. The van der Waals surface area contributed by atoms with Crippen LogP contribution in [0.1, 0.15) is 24.0 Å². The SMILES string of the molecule is COc1ccc(CCC(=O)N2CCC(Oc3cccc4cccnc34)C2)cc1OCc1ccccc1. The van der Waals surface area contributed by atoms with Crippen molar-refractivity contribution in [3.8, 4) is 17.2 Å². The Morgan fingerprint density at radius 2 is 1.81 bits per heavy atom. The third-order valence-corrected chi connectivity index (χ3v) is 6.48. The van der Waals surface area contributed by atoms with E-state index in [1.807, 2.05) is 83.8 Å². The highest BCUT2D eigenvalue weighted by molar-refractivity contribution is 5.84. The second-order valence-corrected chi connectivity index (χ2v) is 8.96. The van der Waals surface area contributed by atoms with Crippen LogP contribution >= 0.6 is 0 Å². The van der Waals surface area contributed by atoms with Crippen molar-refractivity contribution in [3.63, 3.8) is 0 Å². The minimum atomic E-state index is -0.0273. The largest absolute Gasteiger partial charge is 0.493 e. The van der Waals surface area contributed by atoms with Crippen molar-refractivity contribution in [1.82, 2.24) is 9.88 Å². The lowest BCUT2D eigenvalue weighted by Gasteiger charge is -2.18. The minimum Gasteiger partial charge on any atom is -0.493 e. The zero-order valence-corrected chi connectivity index (χ0v) is 20.4. The highest BCUT2D eigenvalue weighted by Crippen LogP contribution is 2.30. The van der Waals surface area contributed by atoms with Gasteiger partial charge in [-0.15, -0.1) is 0 Å². The number of amides is 1. The van der Waals surface area contributed by atoms with Crippen molar-refractivity contribution >= 4 is 16.8 Å². The molecule has 5 rings (SSSR count). The van der Waals surface area contributed by atoms with Gasteiger partial charge in [-0.25, -0.2) is 0 Å². The Kier molecular flexibility index (Phi) is 7.31. The molecule has 2 heterocycles. The number of aryl methyl sites for hydroxylation is 1. The number of carbonyl (C=O) groups excluding carboxylic acids is 1. The summed E-state index contributed by atoms with van der Waals surface area (Å²) >= 11 is 0. The molecule has 1 atom stereocenters. The molecule has 6 heteroatoms. The first-order valence-corrected chi connectivity index (χ1v) is 12.3. The van der Waals surface area contributed by atoms with E-state index >= 15 is 0 Å². The molecule has 1 aromatic heterocycles. The molecule has 36 heavy (non-hydrogen) atoms. The van der Waals surface area contributed by atoms with Crippen LogP contribution in [-0.4, -0.2) is 42.1 Å². The van der Waals surface area contributed by atoms with Gasteiger partial charge in [0.1, 0.15) is 24.0 Å². The van der Waals surface area contributed by atoms with Crippen LogP contribution in [-0.2, 0) is 17.8 Å². The van der Waals surface area contributed by atoms with Gasteiger partial charge in [0.15, 0.2) is 11.5 Å². The van der Waals surface area contributed by atoms with Crippen LogP contribution in [0.15, 0.2) is 85.1 Å². The summed E-state index contributed by atoms with van der Waals surface area (Å²) in [5, 5.41) is 1.05. The number of ether oxygens (including phenoxy) is 3. The first-order chi connectivity index (χ1) is 17.7. The Labute approximate surface area is 211 Å². The molecule has 4 aromatic rings. The van der Waals surface area contributed by atoms with Crippen molar-refractivity contribution < 1.29 is 19.0 Å². The summed E-state index contributed by atoms with van der Waals surface area (Å²) in [4.78, 5) is 19.3. The monoisotopic (exact) mass is 482 g/mol. The lowest BCUT2D eigenvalue weighted by atomic mass is 10.1. The number of likely N-dealkylation sites (tertiary alicyclic amines) is 1. The molecule has 1 amide bonds. The number of nitrogens with zero attached hydrogens (tertiary/aromatic N) is 2. The van der Waals surface area contributed by atoms with E-state index < -0.39 is 0 Å². The molecule has 0 N–H and O–H groups in total. The van der Waals surface area contributed by atoms with Gasteiger partial charge in [-0.05, 0) is 41.8 Å². The zero-order chi connectivity index (χ0) is 24.7. The number of pyridine rings is 1.